The van der Waals surface area contributed by atoms with Crippen LogP contribution in [-0.4, -0.2) is 44.6 Å². The van der Waals surface area contributed by atoms with Crippen LogP contribution in [0.4, 0.5) is 8.78 Å². The van der Waals surface area contributed by atoms with Crippen molar-refractivity contribution < 1.29 is 13.5 Å². The van der Waals surface area contributed by atoms with E-state index in [9.17, 15) is 8.78 Å². The van der Waals surface area contributed by atoms with Crippen LogP contribution in [0.15, 0.2) is 22.7 Å². The van der Waals surface area contributed by atoms with E-state index in [0.717, 1.165) is 36.2 Å². The lowest BCUT2D eigenvalue weighted by atomic mass is 10.0. The Kier molecular flexibility index (Phi) is 5.74. The van der Waals surface area contributed by atoms with Gasteiger partial charge in [-0.25, -0.2) is 8.78 Å². The molecular weight excluding hydrogens is 330 g/mol. The van der Waals surface area contributed by atoms with Gasteiger partial charge in [-0.2, -0.15) is 0 Å². The van der Waals surface area contributed by atoms with Gasteiger partial charge in [0.25, 0.3) is 0 Å². The normalized spacial score (nSPS) is 18.2. The number of ether oxygens (including phenoxy) is 1. The largest absolute Gasteiger partial charge is 0.496 e. The van der Waals surface area contributed by atoms with Crippen LogP contribution in [0.2, 0.25) is 0 Å². The van der Waals surface area contributed by atoms with Gasteiger partial charge in [0, 0.05) is 38.6 Å². The first-order chi connectivity index (χ1) is 9.61. The van der Waals surface area contributed by atoms with Gasteiger partial charge in [-0.1, -0.05) is 6.07 Å². The van der Waals surface area contributed by atoms with Gasteiger partial charge < -0.3 is 10.1 Å². The summed E-state index contributed by atoms with van der Waals surface area (Å²) in [5, 5.41) is 3.25. The Labute approximate surface area is 126 Å². The number of rotatable bonds is 5. The zero-order valence-corrected chi connectivity index (χ0v) is 13.0. The number of nitrogens with one attached hydrogen (secondary N) is 1. The molecule has 1 aliphatic rings. The Morgan fingerprint density at radius 3 is 2.60 bits per heavy atom. The highest BCUT2D eigenvalue weighted by molar-refractivity contribution is 9.10. The maximum absolute atomic E-state index is 12.9. The van der Waals surface area contributed by atoms with E-state index in [1.54, 1.807) is 7.11 Å². The van der Waals surface area contributed by atoms with E-state index in [1.165, 1.54) is 0 Å². The average Bonchev–Trinajstić information content (AvgIpc) is 2.45. The minimum absolute atomic E-state index is 0.140. The molecule has 1 atom stereocenters. The summed E-state index contributed by atoms with van der Waals surface area (Å²) in [5.41, 5.74) is 0.903. The fraction of sp³-hybridized carbons (Fsp3) is 0.571. The fourth-order valence-corrected chi connectivity index (χ4v) is 3.11. The van der Waals surface area contributed by atoms with Gasteiger partial charge in [0.15, 0.2) is 0 Å². The van der Waals surface area contributed by atoms with Crippen LogP contribution in [0.25, 0.3) is 0 Å². The number of benzene rings is 1. The van der Waals surface area contributed by atoms with E-state index in [2.05, 4.69) is 26.1 Å². The van der Waals surface area contributed by atoms with Crippen LogP contribution in [-0.2, 0) is 0 Å². The molecule has 1 N–H and O–H groups in total. The number of hydrogen-bond donors (Lipinski definition) is 1. The predicted octanol–water partition coefficient (Wildman–Crippen LogP) is 3.06. The molecule has 1 heterocycles. The van der Waals surface area contributed by atoms with Crippen molar-refractivity contribution in [3.63, 3.8) is 0 Å². The maximum atomic E-state index is 12.9. The molecular formula is C14H19BrF2N2O. The highest BCUT2D eigenvalue weighted by atomic mass is 79.9. The second-order valence-electron chi connectivity index (χ2n) is 4.82. The lowest BCUT2D eigenvalue weighted by Gasteiger charge is -2.35. The number of methoxy groups -OCH3 is 1. The standard InChI is InChI=1S/C14H19BrF2N2O/c1-20-13-3-2-10(8-11(13)15)12(9-14(16)17)19-6-4-18-5-7-19/h2-3,8,12,14,18H,4-7,9H2,1H3/t12-/m0/s1. The fourth-order valence-electron chi connectivity index (χ4n) is 2.55. The van der Waals surface area contributed by atoms with Crippen molar-refractivity contribution >= 4 is 15.9 Å². The third-order valence-corrected chi connectivity index (χ3v) is 4.17. The van der Waals surface area contributed by atoms with Crippen LogP contribution in [0, 0.1) is 0 Å². The van der Waals surface area contributed by atoms with E-state index in [0.29, 0.717) is 5.75 Å². The molecule has 0 aromatic heterocycles. The SMILES string of the molecule is COc1ccc([C@H](CC(F)F)N2CCNCC2)cc1Br. The van der Waals surface area contributed by atoms with Crippen LogP contribution < -0.4 is 10.1 Å². The van der Waals surface area contributed by atoms with Gasteiger partial charge in [0.2, 0.25) is 6.43 Å². The van der Waals surface area contributed by atoms with Crippen molar-refractivity contribution in [2.24, 2.45) is 0 Å². The summed E-state index contributed by atoms with van der Waals surface area (Å²) in [6, 6.07) is 5.33. The van der Waals surface area contributed by atoms with Crippen molar-refractivity contribution in [1.29, 1.82) is 0 Å². The summed E-state index contributed by atoms with van der Waals surface area (Å²) in [5.74, 6) is 0.713. The highest BCUT2D eigenvalue weighted by Gasteiger charge is 2.25. The molecule has 1 aromatic rings. The average molecular weight is 349 g/mol. The van der Waals surface area contributed by atoms with Gasteiger partial charge in [-0.15, -0.1) is 0 Å². The first kappa shape index (κ1) is 15.7. The van der Waals surface area contributed by atoms with Gasteiger partial charge in [0.05, 0.1) is 11.6 Å². The van der Waals surface area contributed by atoms with Crippen LogP contribution in [0.3, 0.4) is 0 Å². The van der Waals surface area contributed by atoms with Crippen molar-refractivity contribution in [2.45, 2.75) is 18.9 Å². The molecule has 6 heteroatoms. The molecule has 0 amide bonds. The van der Waals surface area contributed by atoms with Gasteiger partial charge >= 0.3 is 0 Å². The van der Waals surface area contributed by atoms with E-state index in [1.807, 2.05) is 18.2 Å². The Bertz CT molecular complexity index is 439. The molecule has 20 heavy (non-hydrogen) atoms. The van der Waals surface area contributed by atoms with Crippen LogP contribution in [0.5, 0.6) is 5.75 Å². The third kappa shape index (κ3) is 3.90. The molecule has 0 unspecified atom stereocenters. The number of halogens is 3. The minimum atomic E-state index is -2.31. The molecule has 1 aromatic carbocycles. The first-order valence-electron chi connectivity index (χ1n) is 6.68. The Balaban J connectivity index is 2.22. The number of alkyl halides is 2. The van der Waals surface area contributed by atoms with E-state index >= 15 is 0 Å². The van der Waals surface area contributed by atoms with E-state index in [4.69, 9.17) is 4.74 Å². The van der Waals surface area contributed by atoms with Crippen LogP contribution in [0.1, 0.15) is 18.0 Å². The molecule has 1 fully saturated rings. The van der Waals surface area contributed by atoms with Gasteiger partial charge in [-0.3, -0.25) is 4.90 Å². The first-order valence-corrected chi connectivity index (χ1v) is 7.47. The zero-order chi connectivity index (χ0) is 14.5. The van der Waals surface area contributed by atoms with Crippen molar-refractivity contribution in [1.82, 2.24) is 10.2 Å². The second-order valence-corrected chi connectivity index (χ2v) is 5.68. The summed E-state index contributed by atoms with van der Waals surface area (Å²) < 4.78 is 31.8. The summed E-state index contributed by atoms with van der Waals surface area (Å²) in [6.45, 7) is 3.27. The van der Waals surface area contributed by atoms with Crippen LogP contribution >= 0.6 is 15.9 Å². The van der Waals surface area contributed by atoms with E-state index in [-0.39, 0.29) is 12.5 Å². The third-order valence-electron chi connectivity index (χ3n) is 3.55. The molecule has 0 radical (unpaired) electrons. The number of nitrogens with zero attached hydrogens (tertiary/aromatic N) is 1. The molecule has 3 nitrogen and oxygen atoms in total. The Hall–Kier alpha value is -0.720. The molecule has 1 saturated heterocycles. The predicted molar refractivity (Wildman–Crippen MR) is 78.5 cm³/mol. The highest BCUT2D eigenvalue weighted by Crippen LogP contribution is 2.33. The second kappa shape index (κ2) is 7.33. The molecule has 0 spiro atoms. The molecule has 1 aliphatic heterocycles. The lowest BCUT2D eigenvalue weighted by Crippen LogP contribution is -2.45. The van der Waals surface area contributed by atoms with Crippen molar-refractivity contribution in [3.8, 4) is 5.75 Å². The lowest BCUT2D eigenvalue weighted by molar-refractivity contribution is 0.0739. The number of piperazine rings is 1. The Morgan fingerprint density at radius 2 is 2.05 bits per heavy atom. The summed E-state index contributed by atoms with van der Waals surface area (Å²) in [4.78, 5) is 2.12. The van der Waals surface area contributed by atoms with Gasteiger partial charge in [0.1, 0.15) is 5.75 Å². The minimum Gasteiger partial charge on any atom is -0.496 e. The Morgan fingerprint density at radius 1 is 1.35 bits per heavy atom. The number of hydrogen-bond acceptors (Lipinski definition) is 3. The molecule has 112 valence electrons. The van der Waals surface area contributed by atoms with Crippen molar-refractivity contribution in [3.05, 3.63) is 28.2 Å². The summed E-state index contributed by atoms with van der Waals surface area (Å²) >= 11 is 3.42. The van der Waals surface area contributed by atoms with E-state index < -0.39 is 6.43 Å². The quantitative estimate of drug-likeness (QED) is 0.884. The molecule has 0 bridgehead atoms. The maximum Gasteiger partial charge on any atom is 0.240 e. The zero-order valence-electron chi connectivity index (χ0n) is 11.4. The molecule has 0 saturated carbocycles. The molecule has 0 aliphatic carbocycles. The van der Waals surface area contributed by atoms with Gasteiger partial charge in [-0.05, 0) is 33.6 Å². The summed E-state index contributed by atoms with van der Waals surface area (Å²) in [6.07, 6.45) is -2.45. The topological polar surface area (TPSA) is 24.5 Å². The summed E-state index contributed by atoms with van der Waals surface area (Å²) in [7, 11) is 1.59. The smallest absolute Gasteiger partial charge is 0.240 e. The monoisotopic (exact) mass is 348 g/mol. The molecule has 2 rings (SSSR count). The van der Waals surface area contributed by atoms with Crippen molar-refractivity contribution in [2.75, 3.05) is 33.3 Å².